The van der Waals surface area contributed by atoms with Crippen molar-refractivity contribution in [1.82, 2.24) is 0 Å². The summed E-state index contributed by atoms with van der Waals surface area (Å²) in [7, 11) is 0. The van der Waals surface area contributed by atoms with Crippen LogP contribution < -0.4 is 0 Å². The van der Waals surface area contributed by atoms with Crippen molar-refractivity contribution < 1.29 is 18.0 Å². The van der Waals surface area contributed by atoms with Gasteiger partial charge in [0.2, 0.25) is 0 Å². The van der Waals surface area contributed by atoms with Crippen LogP contribution in [-0.4, -0.2) is 6.29 Å². The highest BCUT2D eigenvalue weighted by molar-refractivity contribution is 5.53. The molecule has 0 amide bonds. The lowest BCUT2D eigenvalue weighted by molar-refractivity contribution is -0.137. The monoisotopic (exact) mass is 242 g/mol. The van der Waals surface area contributed by atoms with Crippen LogP contribution in [0.4, 0.5) is 13.2 Å². The third kappa shape index (κ3) is 4.43. The Kier molecular flexibility index (Phi) is 4.49. The molecule has 0 radical (unpaired) electrons. The third-order valence-corrected chi connectivity index (χ3v) is 2.32. The van der Waals surface area contributed by atoms with Crippen molar-refractivity contribution in [1.29, 1.82) is 0 Å². The van der Waals surface area contributed by atoms with Crippen molar-refractivity contribution in [3.05, 3.63) is 41.5 Å². The van der Waals surface area contributed by atoms with E-state index in [1.807, 2.05) is 6.92 Å². The molecule has 0 aromatic heterocycles. The van der Waals surface area contributed by atoms with Crippen LogP contribution in [0.5, 0.6) is 0 Å². The summed E-state index contributed by atoms with van der Waals surface area (Å²) in [5.74, 6) is 0.0924. The third-order valence-electron chi connectivity index (χ3n) is 2.32. The lowest BCUT2D eigenvalue weighted by Gasteiger charge is -2.06. The molecule has 4 heteroatoms. The van der Waals surface area contributed by atoms with Gasteiger partial charge in [-0.2, -0.15) is 13.2 Å². The van der Waals surface area contributed by atoms with Gasteiger partial charge < -0.3 is 4.79 Å². The minimum Gasteiger partial charge on any atom is -0.303 e. The van der Waals surface area contributed by atoms with E-state index in [0.717, 1.165) is 18.4 Å². The summed E-state index contributed by atoms with van der Waals surface area (Å²) >= 11 is 0. The summed E-state index contributed by atoms with van der Waals surface area (Å²) in [4.78, 5) is 10.2. The Balaban J connectivity index is 2.72. The van der Waals surface area contributed by atoms with Crippen molar-refractivity contribution in [3.8, 4) is 0 Å². The van der Waals surface area contributed by atoms with Gasteiger partial charge in [-0.15, -0.1) is 0 Å². The van der Waals surface area contributed by atoms with Crippen LogP contribution in [0, 0.1) is 5.92 Å². The number of halogens is 3. The van der Waals surface area contributed by atoms with Crippen molar-refractivity contribution in [2.45, 2.75) is 19.5 Å². The normalized spacial score (nSPS) is 13.9. The van der Waals surface area contributed by atoms with Crippen LogP contribution in [0.25, 0.3) is 6.08 Å². The summed E-state index contributed by atoms with van der Waals surface area (Å²) in [5, 5.41) is 0. The summed E-state index contributed by atoms with van der Waals surface area (Å²) in [6.07, 6.45) is 0.456. The number of carbonyl (C=O) groups is 1. The summed E-state index contributed by atoms with van der Waals surface area (Å²) in [6.45, 7) is 1.87. The second-order valence-electron chi connectivity index (χ2n) is 3.86. The Morgan fingerprint density at radius 2 is 1.82 bits per heavy atom. The van der Waals surface area contributed by atoms with Gasteiger partial charge in [0, 0.05) is 6.42 Å². The standard InChI is InChI=1S/C13H13F3O/c1-10(8-9-17)2-3-11-4-6-12(7-5-11)13(14,15)16/h2-7,9-10H,8H2,1H3/b3-2+. The number of hydrogen-bond acceptors (Lipinski definition) is 1. The molecule has 1 unspecified atom stereocenters. The number of alkyl halides is 3. The fourth-order valence-corrected chi connectivity index (χ4v) is 1.29. The second kappa shape index (κ2) is 5.66. The van der Waals surface area contributed by atoms with Crippen LogP contribution in [0.15, 0.2) is 30.3 Å². The van der Waals surface area contributed by atoms with E-state index in [9.17, 15) is 18.0 Å². The first-order valence-corrected chi connectivity index (χ1v) is 5.22. The highest BCUT2D eigenvalue weighted by Crippen LogP contribution is 2.29. The lowest BCUT2D eigenvalue weighted by Crippen LogP contribution is -2.03. The average Bonchev–Trinajstić information content (AvgIpc) is 2.26. The fraction of sp³-hybridized carbons (Fsp3) is 0.308. The Morgan fingerprint density at radius 1 is 1.24 bits per heavy atom. The summed E-state index contributed by atoms with van der Waals surface area (Å²) in [5.41, 5.74) is 0.0336. The number of benzene rings is 1. The van der Waals surface area contributed by atoms with E-state index in [4.69, 9.17) is 0 Å². The smallest absolute Gasteiger partial charge is 0.303 e. The molecule has 0 aliphatic rings. The van der Waals surface area contributed by atoms with E-state index < -0.39 is 11.7 Å². The molecule has 17 heavy (non-hydrogen) atoms. The molecule has 0 spiro atoms. The maximum atomic E-state index is 12.3. The van der Waals surface area contributed by atoms with E-state index >= 15 is 0 Å². The molecule has 0 aliphatic heterocycles. The minimum atomic E-state index is -4.30. The van der Waals surface area contributed by atoms with Crippen molar-refractivity contribution >= 4 is 12.4 Å². The maximum Gasteiger partial charge on any atom is 0.416 e. The minimum absolute atomic E-state index is 0.0924. The Labute approximate surface area is 98.0 Å². The molecule has 0 heterocycles. The van der Waals surface area contributed by atoms with Gasteiger partial charge in [-0.3, -0.25) is 0 Å². The number of aldehydes is 1. The van der Waals surface area contributed by atoms with E-state index in [0.29, 0.717) is 12.0 Å². The first-order valence-electron chi connectivity index (χ1n) is 5.22. The molecular weight excluding hydrogens is 229 g/mol. The van der Waals surface area contributed by atoms with Crippen LogP contribution in [-0.2, 0) is 11.0 Å². The van der Waals surface area contributed by atoms with E-state index in [-0.39, 0.29) is 5.92 Å². The molecule has 1 aromatic rings. The van der Waals surface area contributed by atoms with Crippen LogP contribution in [0.2, 0.25) is 0 Å². The number of rotatable bonds is 4. The van der Waals surface area contributed by atoms with Gasteiger partial charge in [-0.1, -0.05) is 31.2 Å². The van der Waals surface area contributed by atoms with Crippen molar-refractivity contribution in [3.63, 3.8) is 0 Å². The zero-order valence-corrected chi connectivity index (χ0v) is 9.37. The number of hydrogen-bond donors (Lipinski definition) is 0. The molecule has 0 fully saturated rings. The van der Waals surface area contributed by atoms with Gasteiger partial charge in [-0.25, -0.2) is 0 Å². The number of allylic oxidation sites excluding steroid dienone is 1. The molecule has 1 aromatic carbocycles. The van der Waals surface area contributed by atoms with Crippen molar-refractivity contribution in [2.75, 3.05) is 0 Å². The molecular formula is C13H13F3O. The number of carbonyl (C=O) groups excluding carboxylic acids is 1. The first-order chi connectivity index (χ1) is 7.93. The quantitative estimate of drug-likeness (QED) is 0.731. The molecule has 1 nitrogen and oxygen atoms in total. The Bertz CT molecular complexity index is 390. The molecule has 0 bridgehead atoms. The van der Waals surface area contributed by atoms with Gasteiger partial charge >= 0.3 is 6.18 Å². The van der Waals surface area contributed by atoms with Gasteiger partial charge in [0.25, 0.3) is 0 Å². The summed E-state index contributed by atoms with van der Waals surface area (Å²) in [6, 6.07) is 4.91. The van der Waals surface area contributed by atoms with Gasteiger partial charge in [-0.05, 0) is 23.6 Å². The Hall–Kier alpha value is -1.58. The fourth-order valence-electron chi connectivity index (χ4n) is 1.29. The van der Waals surface area contributed by atoms with Crippen LogP contribution in [0.1, 0.15) is 24.5 Å². The lowest BCUT2D eigenvalue weighted by atomic mass is 10.1. The van der Waals surface area contributed by atoms with Gasteiger partial charge in [0.15, 0.2) is 0 Å². The topological polar surface area (TPSA) is 17.1 Å². The van der Waals surface area contributed by atoms with Crippen LogP contribution in [0.3, 0.4) is 0 Å². The highest BCUT2D eigenvalue weighted by atomic mass is 19.4. The molecule has 92 valence electrons. The van der Waals surface area contributed by atoms with Gasteiger partial charge in [0.05, 0.1) is 5.56 Å². The zero-order chi connectivity index (χ0) is 12.9. The molecule has 1 rings (SSSR count). The predicted molar refractivity (Wildman–Crippen MR) is 60.3 cm³/mol. The molecule has 0 N–H and O–H groups in total. The maximum absolute atomic E-state index is 12.3. The predicted octanol–water partition coefficient (Wildman–Crippen LogP) is 3.94. The Morgan fingerprint density at radius 3 is 2.29 bits per heavy atom. The largest absolute Gasteiger partial charge is 0.416 e. The van der Waals surface area contributed by atoms with Crippen molar-refractivity contribution in [2.24, 2.45) is 5.92 Å². The average molecular weight is 242 g/mol. The second-order valence-corrected chi connectivity index (χ2v) is 3.86. The first kappa shape index (κ1) is 13.5. The van der Waals surface area contributed by atoms with E-state index in [2.05, 4.69) is 0 Å². The van der Waals surface area contributed by atoms with Gasteiger partial charge in [0.1, 0.15) is 6.29 Å². The molecule has 1 atom stereocenters. The molecule has 0 saturated carbocycles. The van der Waals surface area contributed by atoms with E-state index in [1.54, 1.807) is 12.2 Å². The molecule has 0 aliphatic carbocycles. The molecule has 0 saturated heterocycles. The van der Waals surface area contributed by atoms with Crippen LogP contribution >= 0.6 is 0 Å². The SMILES string of the molecule is CC(/C=C/c1ccc(C(F)(F)F)cc1)CC=O. The van der Waals surface area contributed by atoms with E-state index in [1.165, 1.54) is 12.1 Å². The summed E-state index contributed by atoms with van der Waals surface area (Å²) < 4.78 is 36.8. The highest BCUT2D eigenvalue weighted by Gasteiger charge is 2.29. The zero-order valence-electron chi connectivity index (χ0n) is 9.37.